The van der Waals surface area contributed by atoms with Gasteiger partial charge in [-0.1, -0.05) is 17.4 Å². The average molecular weight is 474 g/mol. The molecule has 3 aromatic rings. The van der Waals surface area contributed by atoms with Gasteiger partial charge in [0.05, 0.1) is 31.6 Å². The molecule has 28 heavy (non-hydrogen) atoms. The summed E-state index contributed by atoms with van der Waals surface area (Å²) in [6.45, 7) is 1.64. The zero-order chi connectivity index (χ0) is 18.8. The fraction of sp³-hybridized carbons (Fsp3) is 0.278. The Bertz CT molecular complexity index is 1000. The molecule has 0 bridgehead atoms. The van der Waals surface area contributed by atoms with Gasteiger partial charge in [-0.2, -0.15) is 0 Å². The van der Waals surface area contributed by atoms with Gasteiger partial charge in [0.25, 0.3) is 5.91 Å². The summed E-state index contributed by atoms with van der Waals surface area (Å²) < 4.78 is 18.3. The van der Waals surface area contributed by atoms with E-state index < -0.39 is 0 Å². The number of hydrogen-bond acceptors (Lipinski definition) is 7. The molecular weight excluding hydrogens is 457 g/mol. The SMILES string of the molecule is COc1ccc(C2COCCO2)c2sc(NC(=O)c3ccnc(Br)c3)nc12.[H-].[Na+]. The third-order valence-electron chi connectivity index (χ3n) is 4.13. The fourth-order valence-electron chi connectivity index (χ4n) is 2.85. The van der Waals surface area contributed by atoms with Crippen molar-refractivity contribution in [3.05, 3.63) is 46.2 Å². The quantitative estimate of drug-likeness (QED) is 0.448. The number of thiazole rings is 1. The Balaban J connectivity index is 0.00000150. The van der Waals surface area contributed by atoms with Crippen molar-refractivity contribution < 1.29 is 50.0 Å². The molecule has 1 aliphatic heterocycles. The van der Waals surface area contributed by atoms with E-state index in [0.29, 0.717) is 46.4 Å². The molecular formula is C18H17BrN3NaO4S. The van der Waals surface area contributed by atoms with E-state index in [9.17, 15) is 4.79 Å². The van der Waals surface area contributed by atoms with Gasteiger partial charge in [0.15, 0.2) is 5.13 Å². The molecule has 1 unspecified atom stereocenters. The summed E-state index contributed by atoms with van der Waals surface area (Å²) in [7, 11) is 1.60. The van der Waals surface area contributed by atoms with Crippen LogP contribution >= 0.6 is 27.3 Å². The van der Waals surface area contributed by atoms with Crippen LogP contribution in [0.3, 0.4) is 0 Å². The second kappa shape index (κ2) is 9.62. The monoisotopic (exact) mass is 473 g/mol. The van der Waals surface area contributed by atoms with Crippen molar-refractivity contribution in [2.75, 3.05) is 32.2 Å². The van der Waals surface area contributed by atoms with Gasteiger partial charge in [0.2, 0.25) is 0 Å². The number of fused-ring (bicyclic) bond motifs is 1. The molecule has 1 N–H and O–H groups in total. The first kappa shape index (κ1) is 21.6. The molecule has 1 aliphatic rings. The minimum absolute atomic E-state index is 0. The number of ether oxygens (including phenoxy) is 3. The Labute approximate surface area is 197 Å². The zero-order valence-corrected chi connectivity index (χ0v) is 19.8. The van der Waals surface area contributed by atoms with Crippen molar-refractivity contribution in [1.82, 2.24) is 9.97 Å². The number of methoxy groups -OCH3 is 1. The van der Waals surface area contributed by atoms with Gasteiger partial charge in [0, 0.05) is 17.3 Å². The summed E-state index contributed by atoms with van der Waals surface area (Å²) >= 11 is 4.66. The van der Waals surface area contributed by atoms with E-state index in [1.807, 2.05) is 12.1 Å². The predicted octanol–water partition coefficient (Wildman–Crippen LogP) is 0.919. The molecule has 0 radical (unpaired) electrons. The van der Waals surface area contributed by atoms with E-state index >= 15 is 0 Å². The number of hydrogen-bond donors (Lipinski definition) is 1. The number of anilines is 1. The summed E-state index contributed by atoms with van der Waals surface area (Å²) in [6.07, 6.45) is 1.41. The van der Waals surface area contributed by atoms with Crippen molar-refractivity contribution >= 4 is 48.5 Å². The van der Waals surface area contributed by atoms with Crippen LogP contribution in [0.5, 0.6) is 5.75 Å². The molecule has 1 saturated heterocycles. The number of halogens is 1. The maximum atomic E-state index is 12.5. The van der Waals surface area contributed by atoms with Crippen LogP contribution in [0.1, 0.15) is 23.5 Å². The van der Waals surface area contributed by atoms with Gasteiger partial charge in [-0.15, -0.1) is 0 Å². The molecule has 1 amide bonds. The number of carbonyl (C=O) groups is 1. The molecule has 7 nitrogen and oxygen atoms in total. The first-order valence-corrected chi connectivity index (χ1v) is 9.86. The summed E-state index contributed by atoms with van der Waals surface area (Å²) in [5, 5.41) is 3.34. The van der Waals surface area contributed by atoms with E-state index in [2.05, 4.69) is 31.2 Å². The number of nitrogens with zero attached hydrogens (tertiary/aromatic N) is 2. The van der Waals surface area contributed by atoms with Crippen LogP contribution < -0.4 is 39.6 Å². The van der Waals surface area contributed by atoms with Gasteiger partial charge >= 0.3 is 29.6 Å². The van der Waals surface area contributed by atoms with Crippen molar-refractivity contribution in [3.8, 4) is 5.75 Å². The van der Waals surface area contributed by atoms with Gasteiger partial charge in [-0.25, -0.2) is 9.97 Å². The van der Waals surface area contributed by atoms with Crippen LogP contribution in [0.2, 0.25) is 0 Å². The van der Waals surface area contributed by atoms with E-state index in [1.165, 1.54) is 11.3 Å². The van der Waals surface area contributed by atoms with Gasteiger partial charge < -0.3 is 15.6 Å². The molecule has 2 aromatic heterocycles. The van der Waals surface area contributed by atoms with Crippen LogP contribution in [0.25, 0.3) is 10.2 Å². The Hall–Kier alpha value is -1.07. The van der Waals surface area contributed by atoms with Crippen LogP contribution in [-0.2, 0) is 9.47 Å². The second-order valence-electron chi connectivity index (χ2n) is 5.81. The zero-order valence-electron chi connectivity index (χ0n) is 16.4. The van der Waals surface area contributed by atoms with Crippen molar-refractivity contribution in [2.45, 2.75) is 6.10 Å². The van der Waals surface area contributed by atoms with E-state index in [1.54, 1.807) is 25.4 Å². The number of benzene rings is 1. The first-order chi connectivity index (χ1) is 13.2. The van der Waals surface area contributed by atoms with Crippen LogP contribution in [0, 0.1) is 0 Å². The fourth-order valence-corrected chi connectivity index (χ4v) is 4.25. The van der Waals surface area contributed by atoms with Crippen LogP contribution in [0.4, 0.5) is 5.13 Å². The summed E-state index contributed by atoms with van der Waals surface area (Å²) in [6, 6.07) is 7.12. The Kier molecular flexibility index (Phi) is 7.43. The number of aromatic nitrogens is 2. The van der Waals surface area contributed by atoms with Gasteiger partial charge in [-0.05, 0) is 34.1 Å². The molecule has 1 atom stereocenters. The van der Waals surface area contributed by atoms with Crippen molar-refractivity contribution in [3.63, 3.8) is 0 Å². The number of carbonyl (C=O) groups excluding carboxylic acids is 1. The Morgan fingerprint density at radius 1 is 1.39 bits per heavy atom. The molecule has 0 saturated carbocycles. The molecule has 0 spiro atoms. The molecule has 1 fully saturated rings. The van der Waals surface area contributed by atoms with Crippen LogP contribution in [-0.4, -0.2) is 42.8 Å². The molecule has 3 heterocycles. The molecule has 0 aliphatic carbocycles. The third kappa shape index (κ3) is 4.56. The number of nitrogens with one attached hydrogen (secondary N) is 1. The number of amides is 1. The van der Waals surface area contributed by atoms with Crippen LogP contribution in [0.15, 0.2) is 35.1 Å². The van der Waals surface area contributed by atoms with E-state index in [4.69, 9.17) is 14.2 Å². The Morgan fingerprint density at radius 3 is 2.96 bits per heavy atom. The normalized spacial score (nSPS) is 16.4. The molecule has 10 heteroatoms. The standard InChI is InChI=1S/C18H16BrN3O4S.Na.H/c1-24-12-3-2-11(13-9-25-6-7-26-13)16-15(12)21-18(27-16)22-17(23)10-4-5-20-14(19)8-10;;/h2-5,8,13H,6-7,9H2,1H3,(H,21,22,23);;/q;+1;-1. The predicted molar refractivity (Wildman–Crippen MR) is 107 cm³/mol. The minimum Gasteiger partial charge on any atom is -1.00 e. The smallest absolute Gasteiger partial charge is 1.00 e. The molecule has 4 rings (SSSR count). The van der Waals surface area contributed by atoms with E-state index in [0.717, 1.165) is 10.3 Å². The van der Waals surface area contributed by atoms with Crippen molar-refractivity contribution in [2.24, 2.45) is 0 Å². The summed E-state index contributed by atoms with van der Waals surface area (Å²) in [5.41, 5.74) is 2.17. The second-order valence-corrected chi connectivity index (χ2v) is 7.62. The minimum atomic E-state index is -0.255. The third-order valence-corrected chi connectivity index (χ3v) is 5.58. The number of rotatable bonds is 4. The first-order valence-electron chi connectivity index (χ1n) is 8.25. The topological polar surface area (TPSA) is 82.6 Å². The van der Waals surface area contributed by atoms with E-state index in [-0.39, 0.29) is 43.0 Å². The largest absolute Gasteiger partial charge is 1.00 e. The average Bonchev–Trinajstić information content (AvgIpc) is 3.11. The number of pyridine rings is 1. The Morgan fingerprint density at radius 2 is 2.25 bits per heavy atom. The van der Waals surface area contributed by atoms with Crippen molar-refractivity contribution in [1.29, 1.82) is 0 Å². The maximum absolute atomic E-state index is 12.5. The van der Waals surface area contributed by atoms with Gasteiger partial charge in [0.1, 0.15) is 22.0 Å². The summed E-state index contributed by atoms with van der Waals surface area (Å²) in [4.78, 5) is 21.1. The summed E-state index contributed by atoms with van der Waals surface area (Å²) in [5.74, 6) is 0.392. The van der Waals surface area contributed by atoms with Gasteiger partial charge in [-0.3, -0.25) is 10.1 Å². The molecule has 1 aromatic carbocycles. The maximum Gasteiger partial charge on any atom is 1.00 e. The molecule has 142 valence electrons.